The molecule has 1 unspecified atom stereocenters. The van der Waals surface area contributed by atoms with E-state index in [0.717, 1.165) is 10.5 Å². The SMILES string of the molecule is COc1ccc(CCC(=N)C2=C(Cl)C(=O)N(c3cc(C(C)(C)C)on3)C2O)c(OC)c1. The first-order valence-electron chi connectivity index (χ1n) is 9.75. The number of aliphatic hydroxyl groups is 1. The molecule has 9 heteroatoms. The van der Waals surface area contributed by atoms with Crippen molar-refractivity contribution in [3.63, 3.8) is 0 Å². The lowest BCUT2D eigenvalue weighted by Crippen LogP contribution is -2.36. The standard InChI is InChI=1S/C22H26ClN3O5/c1-22(2,3)16-11-17(25-31-16)26-20(27)18(19(23)21(26)28)14(24)9-7-12-6-8-13(29-4)10-15(12)30-5/h6,8,10-11,20,24,27H,7,9H2,1-5H3. The molecule has 2 aromatic rings. The van der Waals surface area contributed by atoms with Gasteiger partial charge in [-0.25, -0.2) is 0 Å². The molecule has 1 amide bonds. The quantitative estimate of drug-likeness (QED) is 0.625. The Balaban J connectivity index is 1.77. The number of aromatic nitrogens is 1. The zero-order valence-corrected chi connectivity index (χ0v) is 18.9. The first-order valence-corrected chi connectivity index (χ1v) is 10.1. The number of hydrogen-bond donors (Lipinski definition) is 2. The summed E-state index contributed by atoms with van der Waals surface area (Å²) in [6.45, 7) is 5.83. The molecule has 3 rings (SSSR count). The molecule has 0 saturated heterocycles. The number of carbonyl (C=O) groups is 1. The zero-order valence-electron chi connectivity index (χ0n) is 18.2. The number of rotatable bonds is 7. The van der Waals surface area contributed by atoms with E-state index in [2.05, 4.69) is 5.16 Å². The normalized spacial score (nSPS) is 16.8. The first kappa shape index (κ1) is 22.8. The molecule has 0 fully saturated rings. The van der Waals surface area contributed by atoms with Gasteiger partial charge in [0, 0.05) is 28.8 Å². The van der Waals surface area contributed by atoms with Crippen molar-refractivity contribution in [2.45, 2.75) is 45.3 Å². The van der Waals surface area contributed by atoms with Gasteiger partial charge >= 0.3 is 0 Å². The van der Waals surface area contributed by atoms with Gasteiger partial charge in [-0.2, -0.15) is 0 Å². The highest BCUT2D eigenvalue weighted by molar-refractivity contribution is 6.47. The molecule has 166 valence electrons. The van der Waals surface area contributed by atoms with E-state index in [1.54, 1.807) is 32.4 Å². The maximum absolute atomic E-state index is 12.7. The van der Waals surface area contributed by atoms with Gasteiger partial charge in [0.2, 0.25) is 0 Å². The largest absolute Gasteiger partial charge is 0.497 e. The molecular formula is C22H26ClN3O5. The summed E-state index contributed by atoms with van der Waals surface area (Å²) in [7, 11) is 3.13. The smallest absolute Gasteiger partial charge is 0.273 e. The number of hydrogen-bond acceptors (Lipinski definition) is 7. The Bertz CT molecular complexity index is 1040. The van der Waals surface area contributed by atoms with E-state index in [4.69, 9.17) is 31.0 Å². The third-order valence-corrected chi connectivity index (χ3v) is 5.46. The lowest BCUT2D eigenvalue weighted by Gasteiger charge is -2.20. The molecule has 0 spiro atoms. The van der Waals surface area contributed by atoms with Crippen molar-refractivity contribution in [1.29, 1.82) is 5.41 Å². The maximum atomic E-state index is 12.7. The maximum Gasteiger partial charge on any atom is 0.273 e. The summed E-state index contributed by atoms with van der Waals surface area (Å²) >= 11 is 6.23. The summed E-state index contributed by atoms with van der Waals surface area (Å²) in [4.78, 5) is 13.7. The van der Waals surface area contributed by atoms with E-state index in [0.29, 0.717) is 23.7 Å². The Labute approximate surface area is 185 Å². The fraction of sp³-hybridized carbons (Fsp3) is 0.409. The Hall–Kier alpha value is -2.84. The minimum atomic E-state index is -1.41. The number of carbonyl (C=O) groups excluding carboxylic acids is 1. The Morgan fingerprint density at radius 3 is 2.58 bits per heavy atom. The Kier molecular flexibility index (Phi) is 6.43. The average Bonchev–Trinajstić information content (AvgIpc) is 3.29. The number of methoxy groups -OCH3 is 2. The van der Waals surface area contributed by atoms with Crippen molar-refractivity contribution in [3.05, 3.63) is 46.2 Å². The van der Waals surface area contributed by atoms with E-state index < -0.39 is 12.1 Å². The zero-order chi connectivity index (χ0) is 22.9. The molecule has 0 bridgehead atoms. The average molecular weight is 448 g/mol. The molecule has 0 aliphatic carbocycles. The molecule has 2 heterocycles. The van der Waals surface area contributed by atoms with Gasteiger partial charge in [-0.15, -0.1) is 0 Å². The molecule has 1 aliphatic rings. The van der Waals surface area contributed by atoms with Crippen molar-refractivity contribution in [3.8, 4) is 11.5 Å². The van der Waals surface area contributed by atoms with Gasteiger partial charge in [0.05, 0.1) is 14.2 Å². The number of aryl methyl sites for hydroxylation is 1. The highest BCUT2D eigenvalue weighted by Crippen LogP contribution is 2.35. The minimum absolute atomic E-state index is 0.0609. The first-order chi connectivity index (χ1) is 14.6. The molecular weight excluding hydrogens is 422 g/mol. The molecule has 1 aromatic carbocycles. The lowest BCUT2D eigenvalue weighted by molar-refractivity contribution is -0.115. The molecule has 1 aliphatic heterocycles. The number of halogens is 1. The second-order valence-electron chi connectivity index (χ2n) is 8.23. The van der Waals surface area contributed by atoms with Crippen LogP contribution in [0.5, 0.6) is 11.5 Å². The van der Waals surface area contributed by atoms with Gasteiger partial charge in [-0.3, -0.25) is 9.69 Å². The van der Waals surface area contributed by atoms with Crippen molar-refractivity contribution >= 4 is 29.0 Å². The molecule has 1 aromatic heterocycles. The summed E-state index contributed by atoms with van der Waals surface area (Å²) in [6.07, 6.45) is -0.708. The monoisotopic (exact) mass is 447 g/mol. The fourth-order valence-electron chi connectivity index (χ4n) is 3.28. The number of ether oxygens (including phenoxy) is 2. The van der Waals surface area contributed by atoms with Crippen LogP contribution in [0.25, 0.3) is 0 Å². The van der Waals surface area contributed by atoms with Crippen LogP contribution in [0.3, 0.4) is 0 Å². The lowest BCUT2D eigenvalue weighted by atomic mass is 9.93. The highest BCUT2D eigenvalue weighted by atomic mass is 35.5. The predicted molar refractivity (Wildman–Crippen MR) is 117 cm³/mol. The van der Waals surface area contributed by atoms with Gasteiger partial charge in [-0.05, 0) is 24.5 Å². The number of nitrogens with one attached hydrogen (secondary N) is 1. The number of benzene rings is 1. The van der Waals surface area contributed by atoms with Crippen molar-refractivity contribution in [2.24, 2.45) is 0 Å². The van der Waals surface area contributed by atoms with Crippen LogP contribution in [-0.2, 0) is 16.6 Å². The van der Waals surface area contributed by atoms with Gasteiger partial charge < -0.3 is 24.5 Å². The number of anilines is 1. The molecule has 2 N–H and O–H groups in total. The van der Waals surface area contributed by atoms with E-state index in [9.17, 15) is 9.90 Å². The van der Waals surface area contributed by atoms with Crippen LogP contribution in [0.4, 0.5) is 5.82 Å². The summed E-state index contributed by atoms with van der Waals surface area (Å²) in [5.74, 6) is 1.39. The number of amides is 1. The van der Waals surface area contributed by atoms with Gasteiger partial charge in [0.25, 0.3) is 5.91 Å². The minimum Gasteiger partial charge on any atom is -0.497 e. The van der Waals surface area contributed by atoms with Crippen LogP contribution in [-0.4, -0.2) is 42.3 Å². The van der Waals surface area contributed by atoms with Crippen LogP contribution >= 0.6 is 11.6 Å². The van der Waals surface area contributed by atoms with E-state index >= 15 is 0 Å². The Morgan fingerprint density at radius 1 is 1.29 bits per heavy atom. The molecule has 31 heavy (non-hydrogen) atoms. The molecule has 0 saturated carbocycles. The van der Waals surface area contributed by atoms with Crippen molar-refractivity contribution in [1.82, 2.24) is 5.16 Å². The van der Waals surface area contributed by atoms with E-state index in [1.165, 1.54) is 0 Å². The van der Waals surface area contributed by atoms with Crippen molar-refractivity contribution in [2.75, 3.05) is 19.1 Å². The molecule has 0 radical (unpaired) electrons. The summed E-state index contributed by atoms with van der Waals surface area (Å²) in [5.41, 5.74) is 0.681. The topological polar surface area (TPSA) is 109 Å². The van der Waals surface area contributed by atoms with E-state index in [1.807, 2.05) is 26.8 Å². The number of aliphatic hydroxyl groups excluding tert-OH is 1. The van der Waals surface area contributed by atoms with Crippen LogP contribution < -0.4 is 14.4 Å². The van der Waals surface area contributed by atoms with E-state index in [-0.39, 0.29) is 34.0 Å². The third-order valence-electron chi connectivity index (χ3n) is 5.09. The summed E-state index contributed by atoms with van der Waals surface area (Å²) in [5, 5.41) is 23.0. The van der Waals surface area contributed by atoms with Crippen LogP contribution in [0, 0.1) is 5.41 Å². The fourth-order valence-corrected chi connectivity index (χ4v) is 3.58. The molecule has 8 nitrogen and oxygen atoms in total. The highest BCUT2D eigenvalue weighted by Gasteiger charge is 2.42. The second kappa shape index (κ2) is 8.72. The summed E-state index contributed by atoms with van der Waals surface area (Å²) in [6, 6.07) is 7.02. The van der Waals surface area contributed by atoms with Crippen LogP contribution in [0.2, 0.25) is 0 Å². The summed E-state index contributed by atoms with van der Waals surface area (Å²) < 4.78 is 15.9. The molecule has 1 atom stereocenters. The van der Waals surface area contributed by atoms with Crippen LogP contribution in [0.1, 0.15) is 38.5 Å². The Morgan fingerprint density at radius 2 is 2.00 bits per heavy atom. The third kappa shape index (κ3) is 4.45. The van der Waals surface area contributed by atoms with Crippen LogP contribution in [0.15, 0.2) is 39.4 Å². The van der Waals surface area contributed by atoms with Gasteiger partial charge in [0.15, 0.2) is 12.0 Å². The second-order valence-corrected chi connectivity index (χ2v) is 8.61. The van der Waals surface area contributed by atoms with Crippen molar-refractivity contribution < 1.29 is 23.9 Å². The van der Waals surface area contributed by atoms with Gasteiger partial charge in [-0.1, -0.05) is 43.6 Å². The van der Waals surface area contributed by atoms with Gasteiger partial charge in [0.1, 0.15) is 22.3 Å². The number of nitrogens with zero attached hydrogens (tertiary/aromatic N) is 2. The predicted octanol–water partition coefficient (Wildman–Crippen LogP) is 3.80.